The van der Waals surface area contributed by atoms with Crippen LogP contribution in [0.15, 0.2) is 59.9 Å². The fraction of sp³-hybridized carbons (Fsp3) is 0.375. The summed E-state index contributed by atoms with van der Waals surface area (Å²) in [7, 11) is 0.263. The molecule has 0 amide bonds. The summed E-state index contributed by atoms with van der Waals surface area (Å²) >= 11 is 6.21. The van der Waals surface area contributed by atoms with E-state index in [0.717, 1.165) is 24.3 Å². The molecule has 0 bridgehead atoms. The zero-order valence-electron chi connectivity index (χ0n) is 19.3. The van der Waals surface area contributed by atoms with Gasteiger partial charge in [-0.15, -0.1) is 0 Å². The van der Waals surface area contributed by atoms with E-state index < -0.39 is 10.0 Å². The molecule has 2 heterocycles. The van der Waals surface area contributed by atoms with Crippen molar-refractivity contribution in [2.24, 2.45) is 0 Å². The Morgan fingerprint density at radius 3 is 2.65 bits per heavy atom. The van der Waals surface area contributed by atoms with Gasteiger partial charge in [0, 0.05) is 23.3 Å². The fourth-order valence-electron chi connectivity index (χ4n) is 4.44. The van der Waals surface area contributed by atoms with Gasteiger partial charge in [0.25, 0.3) is 10.0 Å². The maximum Gasteiger partial charge on any atom is 0.264 e. The number of rotatable bonds is 7. The van der Waals surface area contributed by atoms with Crippen LogP contribution < -0.4 is 9.46 Å². The van der Waals surface area contributed by atoms with Crippen molar-refractivity contribution in [3.05, 3.63) is 71.3 Å². The second-order valence-corrected chi connectivity index (χ2v) is 10.8. The highest BCUT2D eigenvalue weighted by molar-refractivity contribution is 7.92. The molecule has 0 aliphatic heterocycles. The van der Waals surface area contributed by atoms with Crippen LogP contribution in [0.25, 0.3) is 0 Å². The van der Waals surface area contributed by atoms with Gasteiger partial charge in [0.2, 0.25) is 5.88 Å². The van der Waals surface area contributed by atoms with Crippen LogP contribution in [0.5, 0.6) is 5.88 Å². The summed E-state index contributed by atoms with van der Waals surface area (Å²) < 4.78 is 34.3. The number of likely N-dealkylation sites (N-methyl/N-ethyl adjacent to an activating group) is 1. The Bertz CT molecular complexity index is 1240. The normalized spacial score (nSPS) is 20.8. The highest BCUT2D eigenvalue weighted by atomic mass is 35.5. The van der Waals surface area contributed by atoms with Crippen molar-refractivity contribution in [2.75, 3.05) is 18.8 Å². The number of aromatic nitrogens is 3. The minimum Gasteiger partial charge on any atom is -0.473 e. The van der Waals surface area contributed by atoms with Crippen molar-refractivity contribution in [1.29, 1.82) is 0 Å². The van der Waals surface area contributed by atoms with Crippen LogP contribution in [-0.4, -0.2) is 54.5 Å². The highest BCUT2D eigenvalue weighted by Crippen LogP contribution is 2.37. The molecular formula is C24H28ClN5O3S. The summed E-state index contributed by atoms with van der Waals surface area (Å²) in [6.07, 6.45) is 5.46. The third kappa shape index (κ3) is 5.65. The first-order valence-corrected chi connectivity index (χ1v) is 12.9. The van der Waals surface area contributed by atoms with Gasteiger partial charge in [-0.1, -0.05) is 23.7 Å². The Kier molecular flexibility index (Phi) is 7.35. The van der Waals surface area contributed by atoms with E-state index in [2.05, 4.69) is 44.7 Å². The molecule has 34 heavy (non-hydrogen) atoms. The number of anilines is 1. The van der Waals surface area contributed by atoms with Gasteiger partial charge in [0.1, 0.15) is 23.1 Å². The maximum absolute atomic E-state index is 12.8. The smallest absolute Gasteiger partial charge is 0.264 e. The molecule has 180 valence electrons. The molecule has 1 aliphatic carbocycles. The van der Waals surface area contributed by atoms with Crippen molar-refractivity contribution < 1.29 is 13.2 Å². The van der Waals surface area contributed by atoms with Crippen LogP contribution >= 0.6 is 11.6 Å². The zero-order chi connectivity index (χ0) is 24.3. The van der Waals surface area contributed by atoms with Crippen LogP contribution in [0, 0.1) is 6.92 Å². The van der Waals surface area contributed by atoms with Crippen molar-refractivity contribution in [3.63, 3.8) is 0 Å². The van der Waals surface area contributed by atoms with Crippen molar-refractivity contribution in [2.45, 2.75) is 49.1 Å². The number of nitrogens with one attached hydrogen (secondary N) is 1. The van der Waals surface area contributed by atoms with Crippen molar-refractivity contribution in [3.8, 4) is 5.88 Å². The van der Waals surface area contributed by atoms with E-state index in [-0.39, 0.29) is 22.9 Å². The lowest BCUT2D eigenvalue weighted by atomic mass is 9.79. The van der Waals surface area contributed by atoms with E-state index in [0.29, 0.717) is 17.5 Å². The second kappa shape index (κ2) is 10.2. The van der Waals surface area contributed by atoms with E-state index in [9.17, 15) is 8.42 Å². The van der Waals surface area contributed by atoms with Gasteiger partial charge >= 0.3 is 0 Å². The van der Waals surface area contributed by atoms with E-state index in [1.807, 2.05) is 18.2 Å². The molecule has 1 aromatic carbocycles. The van der Waals surface area contributed by atoms with E-state index in [4.69, 9.17) is 16.3 Å². The Labute approximate surface area is 205 Å². The summed E-state index contributed by atoms with van der Waals surface area (Å²) in [5, 5.41) is 0.751. The molecular weight excluding hydrogens is 474 g/mol. The van der Waals surface area contributed by atoms with E-state index in [1.165, 1.54) is 30.2 Å². The van der Waals surface area contributed by atoms with Gasteiger partial charge in [-0.3, -0.25) is 4.72 Å². The number of ether oxygens (including phenoxy) is 1. The topological polar surface area (TPSA) is 97.3 Å². The zero-order valence-corrected chi connectivity index (χ0v) is 20.9. The molecule has 1 fully saturated rings. The molecule has 0 radical (unpaired) electrons. The minimum atomic E-state index is -3.84. The monoisotopic (exact) mass is 501 g/mol. The van der Waals surface area contributed by atoms with E-state index >= 15 is 0 Å². The molecule has 3 aromatic rings. The SMILES string of the molecule is Cc1nc(O[C@H]2CC[C@H](c3cccc(Cl)c3)C[C@@H]2N(C)C)ccc1S(=O)(=O)Nc1ccncn1. The molecule has 1 aliphatic rings. The van der Waals surface area contributed by atoms with Crippen LogP contribution in [0.3, 0.4) is 0 Å². The van der Waals surface area contributed by atoms with Crippen LogP contribution in [0.4, 0.5) is 5.82 Å². The lowest BCUT2D eigenvalue weighted by Crippen LogP contribution is -2.46. The Hall–Kier alpha value is -2.75. The van der Waals surface area contributed by atoms with Crippen molar-refractivity contribution in [1.82, 2.24) is 19.9 Å². The lowest BCUT2D eigenvalue weighted by molar-refractivity contribution is 0.0512. The third-order valence-corrected chi connectivity index (χ3v) is 7.86. The Balaban J connectivity index is 1.48. The van der Waals surface area contributed by atoms with Crippen LogP contribution in [-0.2, 0) is 10.0 Å². The van der Waals surface area contributed by atoms with Gasteiger partial charge in [0.05, 0.1) is 5.69 Å². The quantitative estimate of drug-likeness (QED) is 0.516. The first-order valence-electron chi connectivity index (χ1n) is 11.1. The lowest BCUT2D eigenvalue weighted by Gasteiger charge is -2.39. The average molecular weight is 502 g/mol. The number of halogens is 1. The number of aryl methyl sites for hydroxylation is 1. The average Bonchev–Trinajstić information content (AvgIpc) is 2.79. The van der Waals surface area contributed by atoms with Crippen molar-refractivity contribution >= 4 is 27.4 Å². The number of nitrogens with zero attached hydrogens (tertiary/aromatic N) is 4. The number of sulfonamides is 1. The van der Waals surface area contributed by atoms with Crippen LogP contribution in [0.2, 0.25) is 5.02 Å². The number of hydrogen-bond donors (Lipinski definition) is 1. The van der Waals surface area contributed by atoms with Gasteiger partial charge < -0.3 is 9.64 Å². The molecule has 0 unspecified atom stereocenters. The number of benzene rings is 1. The molecule has 1 N–H and O–H groups in total. The molecule has 1 saturated carbocycles. The van der Waals surface area contributed by atoms with Gasteiger partial charge in [0.15, 0.2) is 0 Å². The Morgan fingerprint density at radius 2 is 1.97 bits per heavy atom. The largest absolute Gasteiger partial charge is 0.473 e. The summed E-state index contributed by atoms with van der Waals surface area (Å²) in [6, 6.07) is 12.9. The standard InChI is InChI=1S/C24H28ClN5O3S/c1-16-22(34(31,32)29-23-11-12-26-15-27-23)9-10-24(28-16)33-21-8-7-18(14-20(21)30(2)3)17-5-4-6-19(25)13-17/h4-6,9-13,15,18,20-21H,7-8,14H2,1-3H3,(H,26,27,29)/t18-,20-,21-/m0/s1. The Morgan fingerprint density at radius 1 is 1.15 bits per heavy atom. The molecule has 3 atom stereocenters. The first kappa shape index (κ1) is 24.4. The molecule has 4 rings (SSSR count). The maximum atomic E-state index is 12.8. The van der Waals surface area contributed by atoms with Gasteiger partial charge in [-0.2, -0.15) is 0 Å². The summed E-state index contributed by atoms with van der Waals surface area (Å²) in [4.78, 5) is 14.4. The molecule has 0 saturated heterocycles. The van der Waals surface area contributed by atoms with Gasteiger partial charge in [-0.05, 0) is 76.0 Å². The number of pyridine rings is 1. The van der Waals surface area contributed by atoms with Gasteiger partial charge in [-0.25, -0.2) is 23.4 Å². The van der Waals surface area contributed by atoms with E-state index in [1.54, 1.807) is 13.0 Å². The molecule has 8 nitrogen and oxygen atoms in total. The highest BCUT2D eigenvalue weighted by Gasteiger charge is 2.34. The minimum absolute atomic E-state index is 0.0565. The summed E-state index contributed by atoms with van der Waals surface area (Å²) in [5.41, 5.74) is 1.60. The molecule has 2 aromatic heterocycles. The fourth-order valence-corrected chi connectivity index (χ4v) is 5.82. The van der Waals surface area contributed by atoms with Crippen LogP contribution in [0.1, 0.15) is 36.4 Å². The predicted octanol–water partition coefficient (Wildman–Crippen LogP) is 4.28. The molecule has 10 heteroatoms. The molecule has 0 spiro atoms. The third-order valence-electron chi connectivity index (χ3n) is 6.13. The summed E-state index contributed by atoms with van der Waals surface area (Å²) in [6.45, 7) is 1.65. The number of hydrogen-bond acceptors (Lipinski definition) is 7. The second-order valence-electron chi connectivity index (χ2n) is 8.69. The first-order chi connectivity index (χ1) is 16.2. The summed E-state index contributed by atoms with van der Waals surface area (Å²) in [5.74, 6) is 1.01. The predicted molar refractivity (Wildman–Crippen MR) is 132 cm³/mol.